The molecule has 0 bridgehead atoms. The Hall–Kier alpha value is -2.00. The van der Waals surface area contributed by atoms with Crippen molar-refractivity contribution in [1.29, 1.82) is 0 Å². The van der Waals surface area contributed by atoms with Gasteiger partial charge in [-0.1, -0.05) is 44.5 Å². The number of phenols is 1. The molecule has 0 spiro atoms. The van der Waals surface area contributed by atoms with Crippen LogP contribution >= 0.6 is 15.9 Å². The first kappa shape index (κ1) is 16.5. The Bertz CT molecular complexity index is 1140. The van der Waals surface area contributed by atoms with E-state index in [4.69, 9.17) is 4.42 Å². The van der Waals surface area contributed by atoms with Gasteiger partial charge in [0.15, 0.2) is 0 Å². The van der Waals surface area contributed by atoms with Gasteiger partial charge < -0.3 is 9.52 Å². The fourth-order valence-corrected chi connectivity index (χ4v) is 3.99. The quantitative estimate of drug-likeness (QED) is 0.415. The van der Waals surface area contributed by atoms with Crippen molar-refractivity contribution < 1.29 is 9.52 Å². The van der Waals surface area contributed by atoms with Crippen LogP contribution in [0, 0.1) is 0 Å². The predicted octanol–water partition coefficient (Wildman–Crippen LogP) is -1.25. The van der Waals surface area contributed by atoms with Crippen molar-refractivity contribution in [3.8, 4) is 16.9 Å². The largest absolute Gasteiger partial charge is 0.508 e. The standard InChI is InChI=1S/C18H15B4BrO2/c19-14-13(18(24)17(22)16(21)15(14)20)8-2-1-3-11-12(8)9-6-7(23)4-5-10(9)25-11/h1-6,24H,19-22H2. The number of rotatable bonds is 1. The molecule has 0 aliphatic heterocycles. The molecule has 0 radical (unpaired) electrons. The van der Waals surface area contributed by atoms with Crippen molar-refractivity contribution in [1.82, 2.24) is 0 Å². The topological polar surface area (TPSA) is 33.4 Å². The zero-order chi connectivity index (χ0) is 17.9. The van der Waals surface area contributed by atoms with Gasteiger partial charge in [-0.15, -0.1) is 5.46 Å². The molecule has 0 amide bonds. The van der Waals surface area contributed by atoms with Crippen LogP contribution in [0.3, 0.4) is 0 Å². The zero-order valence-electron chi connectivity index (χ0n) is 14.7. The van der Waals surface area contributed by atoms with Crippen LogP contribution in [-0.2, 0) is 0 Å². The maximum Gasteiger partial charge on any atom is 0.143 e. The molecule has 1 N–H and O–H groups in total. The molecule has 0 unspecified atom stereocenters. The minimum Gasteiger partial charge on any atom is -0.508 e. The van der Waals surface area contributed by atoms with Crippen LogP contribution in [0.5, 0.6) is 5.75 Å². The molecule has 1 aromatic heterocycles. The van der Waals surface area contributed by atoms with Gasteiger partial charge >= 0.3 is 0 Å². The van der Waals surface area contributed by atoms with E-state index >= 15 is 0 Å². The molecule has 4 rings (SSSR count). The van der Waals surface area contributed by atoms with E-state index in [9.17, 15) is 5.11 Å². The Kier molecular flexibility index (Phi) is 3.80. The molecule has 0 atom stereocenters. The molecule has 0 saturated carbocycles. The van der Waals surface area contributed by atoms with Crippen molar-refractivity contribution in [3.05, 3.63) is 40.9 Å². The van der Waals surface area contributed by atoms with Gasteiger partial charge in [0.2, 0.25) is 0 Å². The lowest BCUT2D eigenvalue weighted by molar-refractivity contribution is 0.482. The number of hydrogen-bond donors (Lipinski definition) is 1. The van der Waals surface area contributed by atoms with E-state index in [0.717, 1.165) is 53.9 Å². The molecule has 3 aromatic carbocycles. The number of benzene rings is 3. The lowest BCUT2D eigenvalue weighted by Crippen LogP contribution is -2.48. The van der Waals surface area contributed by atoms with Gasteiger partial charge in [-0.05, 0) is 29.8 Å². The Labute approximate surface area is 158 Å². The third kappa shape index (κ3) is 2.36. The Balaban J connectivity index is 2.20. The van der Waals surface area contributed by atoms with E-state index in [1.165, 1.54) is 5.46 Å². The average molecular weight is 386 g/mol. The molecule has 0 aliphatic rings. The van der Waals surface area contributed by atoms with Gasteiger partial charge in [0.05, 0.1) is 0 Å². The van der Waals surface area contributed by atoms with Crippen molar-refractivity contribution in [2.24, 2.45) is 0 Å². The number of hydrogen-bond acceptors (Lipinski definition) is 2. The van der Waals surface area contributed by atoms with E-state index in [2.05, 4.69) is 51.6 Å². The first-order valence-corrected chi connectivity index (χ1v) is 9.10. The molecule has 7 heteroatoms. The van der Waals surface area contributed by atoms with Gasteiger partial charge in [0, 0.05) is 20.8 Å². The molecule has 1 heterocycles. The number of aromatic hydroxyl groups is 1. The van der Waals surface area contributed by atoms with Crippen LogP contribution in [0.25, 0.3) is 33.1 Å². The molecular formula is C18H15B4BrO2. The predicted molar refractivity (Wildman–Crippen MR) is 121 cm³/mol. The summed E-state index contributed by atoms with van der Waals surface area (Å²) in [5.41, 5.74) is 8.00. The first-order chi connectivity index (χ1) is 11.9. The molecule has 0 aliphatic carbocycles. The highest BCUT2D eigenvalue weighted by molar-refractivity contribution is 9.10. The van der Waals surface area contributed by atoms with Gasteiger partial charge in [0.25, 0.3) is 0 Å². The highest BCUT2D eigenvalue weighted by atomic mass is 79.9. The molecule has 118 valence electrons. The van der Waals surface area contributed by atoms with Crippen molar-refractivity contribution >= 4 is 91.1 Å². The summed E-state index contributed by atoms with van der Waals surface area (Å²) in [6.07, 6.45) is 0. The van der Waals surface area contributed by atoms with Crippen molar-refractivity contribution in [2.45, 2.75) is 0 Å². The Morgan fingerprint density at radius 2 is 1.56 bits per heavy atom. The summed E-state index contributed by atoms with van der Waals surface area (Å²) in [6, 6.07) is 12.1. The molecule has 25 heavy (non-hydrogen) atoms. The van der Waals surface area contributed by atoms with Crippen LogP contribution < -0.4 is 21.9 Å². The molecule has 4 aromatic rings. The number of fused-ring (bicyclic) bond motifs is 3. The van der Waals surface area contributed by atoms with Crippen LogP contribution in [-0.4, -0.2) is 36.5 Å². The second-order valence-electron chi connectivity index (χ2n) is 6.64. The summed E-state index contributed by atoms with van der Waals surface area (Å²) in [4.78, 5) is 0. The second kappa shape index (κ2) is 5.77. The maximum absolute atomic E-state index is 10.9. The minimum atomic E-state index is 0.359. The van der Waals surface area contributed by atoms with E-state index < -0.39 is 0 Å². The van der Waals surface area contributed by atoms with E-state index in [0.29, 0.717) is 5.75 Å². The molecule has 2 nitrogen and oxygen atoms in total. The second-order valence-corrected chi connectivity index (χ2v) is 7.56. The van der Waals surface area contributed by atoms with Crippen LogP contribution in [0.2, 0.25) is 0 Å². The number of halogens is 1. The summed E-state index contributed by atoms with van der Waals surface area (Å²) >= 11 is 3.55. The average Bonchev–Trinajstić information content (AvgIpc) is 2.97. The fraction of sp³-hybridized carbons (Fsp3) is 0. The van der Waals surface area contributed by atoms with Gasteiger partial charge in [-0.2, -0.15) is 0 Å². The fourth-order valence-electron chi connectivity index (χ4n) is 3.63. The number of phenolic OH excluding ortho intramolecular Hbond substituents is 1. The lowest BCUT2D eigenvalue weighted by atomic mass is 9.64. The van der Waals surface area contributed by atoms with Gasteiger partial charge in [0.1, 0.15) is 48.3 Å². The van der Waals surface area contributed by atoms with Gasteiger partial charge in [-0.25, -0.2) is 0 Å². The molecule has 0 saturated heterocycles. The monoisotopic (exact) mass is 386 g/mol. The van der Waals surface area contributed by atoms with Gasteiger partial charge in [-0.3, -0.25) is 0 Å². The van der Waals surface area contributed by atoms with Crippen molar-refractivity contribution in [3.63, 3.8) is 0 Å². The summed E-state index contributed by atoms with van der Waals surface area (Å²) < 4.78 is 7.04. The Morgan fingerprint density at radius 1 is 0.840 bits per heavy atom. The SMILES string of the molecule is Bc1c(B)c(B)c(-c2cccc3oc4ccc(Br)cc4c23)c(O)c1B. The highest BCUT2D eigenvalue weighted by Gasteiger charge is 2.19. The minimum absolute atomic E-state index is 0.359. The number of furan rings is 1. The van der Waals surface area contributed by atoms with Crippen molar-refractivity contribution in [2.75, 3.05) is 0 Å². The van der Waals surface area contributed by atoms with Crippen LogP contribution in [0.15, 0.2) is 45.3 Å². The van der Waals surface area contributed by atoms with Crippen LogP contribution in [0.1, 0.15) is 0 Å². The molecular weight excluding hydrogens is 371 g/mol. The zero-order valence-corrected chi connectivity index (χ0v) is 16.3. The van der Waals surface area contributed by atoms with Crippen LogP contribution in [0.4, 0.5) is 0 Å². The third-order valence-electron chi connectivity index (χ3n) is 5.38. The molecule has 0 fully saturated rings. The summed E-state index contributed by atoms with van der Waals surface area (Å²) in [6.45, 7) is 0. The third-order valence-corrected chi connectivity index (χ3v) is 5.87. The van der Waals surface area contributed by atoms with E-state index in [1.54, 1.807) is 0 Å². The summed E-state index contributed by atoms with van der Waals surface area (Å²) in [5.74, 6) is 0.359. The van der Waals surface area contributed by atoms with E-state index in [1.807, 2.05) is 32.1 Å². The maximum atomic E-state index is 10.9. The lowest BCUT2D eigenvalue weighted by Gasteiger charge is -2.19. The Morgan fingerprint density at radius 3 is 2.32 bits per heavy atom. The first-order valence-electron chi connectivity index (χ1n) is 8.30. The highest BCUT2D eigenvalue weighted by Crippen LogP contribution is 2.38. The summed E-state index contributed by atoms with van der Waals surface area (Å²) in [7, 11) is 8.23. The smallest absolute Gasteiger partial charge is 0.143 e. The normalized spacial score (nSPS) is 11.4. The summed E-state index contributed by atoms with van der Waals surface area (Å²) in [5, 5.41) is 13.0. The van der Waals surface area contributed by atoms with E-state index in [-0.39, 0.29) is 0 Å².